The van der Waals surface area contributed by atoms with Gasteiger partial charge in [-0.1, -0.05) is 12.5 Å². The normalized spacial score (nSPS) is 27.5. The molecule has 9 nitrogen and oxygen atoms in total. The quantitative estimate of drug-likeness (QED) is 0.733. The third-order valence-electron chi connectivity index (χ3n) is 7.73. The zero-order valence-electron chi connectivity index (χ0n) is 19.6. The first-order chi connectivity index (χ1) is 15.7. The minimum absolute atomic E-state index is 0.108. The molecule has 0 saturated carbocycles. The van der Waals surface area contributed by atoms with Crippen molar-refractivity contribution in [1.29, 1.82) is 0 Å². The lowest BCUT2D eigenvalue weighted by atomic mass is 9.82. The number of carbonyl (C=O) groups is 2. The van der Waals surface area contributed by atoms with Gasteiger partial charge in [0.25, 0.3) is 11.9 Å². The summed E-state index contributed by atoms with van der Waals surface area (Å²) in [4.78, 5) is 35.3. The van der Waals surface area contributed by atoms with Crippen LogP contribution in [0.5, 0.6) is 0 Å². The van der Waals surface area contributed by atoms with Gasteiger partial charge in [0.05, 0.1) is 11.1 Å². The average molecular weight is 456 g/mol. The summed E-state index contributed by atoms with van der Waals surface area (Å²) < 4.78 is 6.06. The maximum atomic E-state index is 13.3. The third kappa shape index (κ3) is 4.03. The number of nitrogens with zero attached hydrogens (tertiary/aromatic N) is 4. The number of fused-ring (bicyclic) bond motifs is 3. The van der Waals surface area contributed by atoms with Gasteiger partial charge in [-0.25, -0.2) is 4.79 Å². The number of oxazole rings is 1. The first-order valence-corrected chi connectivity index (χ1v) is 11.9. The number of rotatable bonds is 3. The number of piperazine rings is 1. The molecule has 3 aliphatic rings. The topological polar surface area (TPSA) is 102 Å². The second kappa shape index (κ2) is 8.20. The third-order valence-corrected chi connectivity index (χ3v) is 7.73. The van der Waals surface area contributed by atoms with Crippen LogP contribution in [0.2, 0.25) is 0 Å². The van der Waals surface area contributed by atoms with Crippen molar-refractivity contribution in [1.82, 2.24) is 20.1 Å². The molecule has 1 aromatic heterocycles. The van der Waals surface area contributed by atoms with Crippen LogP contribution >= 0.6 is 0 Å². The van der Waals surface area contributed by atoms with E-state index in [4.69, 9.17) is 9.40 Å². The first kappa shape index (κ1) is 22.0. The highest BCUT2D eigenvalue weighted by Gasteiger charge is 2.39. The SMILES string of the molecule is CN1C2CCCC1CC(NC(=O)c1cccc3oc(N4CCN(C(=O)O)CC4(C)C)nc13)C2. The highest BCUT2D eigenvalue weighted by molar-refractivity contribution is 6.04. The maximum absolute atomic E-state index is 13.3. The van der Waals surface area contributed by atoms with E-state index >= 15 is 0 Å². The summed E-state index contributed by atoms with van der Waals surface area (Å²) in [6.45, 7) is 5.16. The number of piperidine rings is 2. The van der Waals surface area contributed by atoms with E-state index < -0.39 is 11.6 Å². The van der Waals surface area contributed by atoms with E-state index in [1.54, 1.807) is 6.07 Å². The number of carboxylic acid groups (broad SMARTS) is 1. The number of aromatic nitrogens is 1. The van der Waals surface area contributed by atoms with Crippen LogP contribution in [-0.4, -0.2) is 82.2 Å². The minimum Gasteiger partial charge on any atom is -0.465 e. The molecule has 2 unspecified atom stereocenters. The van der Waals surface area contributed by atoms with E-state index in [1.807, 2.05) is 30.9 Å². The van der Waals surface area contributed by atoms with Gasteiger partial charge in [-0.15, -0.1) is 0 Å². The molecule has 0 aliphatic carbocycles. The lowest BCUT2D eigenvalue weighted by Crippen LogP contribution is -2.60. The molecule has 33 heavy (non-hydrogen) atoms. The second-order valence-electron chi connectivity index (χ2n) is 10.4. The van der Waals surface area contributed by atoms with Gasteiger partial charge in [0.15, 0.2) is 5.58 Å². The predicted molar refractivity (Wildman–Crippen MR) is 125 cm³/mol. The standard InChI is InChI=1S/C24H33N5O4/c1-24(2)14-28(23(31)32)10-11-29(24)22-26-20-18(8-5-9-19(20)33-22)21(30)25-15-12-16-6-4-7-17(13-15)27(16)3/h5,8-9,15-17H,4,6-7,10-14H2,1-3H3,(H,25,30)(H,31,32). The maximum Gasteiger partial charge on any atom is 0.407 e. The van der Waals surface area contributed by atoms with Crippen molar-refractivity contribution in [3.63, 3.8) is 0 Å². The van der Waals surface area contributed by atoms with Crippen molar-refractivity contribution >= 4 is 29.1 Å². The molecule has 2 bridgehead atoms. The molecule has 0 spiro atoms. The molecule has 1 aromatic carbocycles. The number of hydrogen-bond donors (Lipinski definition) is 2. The molecule has 2 aromatic rings. The zero-order chi connectivity index (χ0) is 23.3. The fourth-order valence-electron chi connectivity index (χ4n) is 5.91. The summed E-state index contributed by atoms with van der Waals surface area (Å²) in [5.74, 6) is -0.108. The summed E-state index contributed by atoms with van der Waals surface area (Å²) in [5.41, 5.74) is 1.16. The Bertz CT molecular complexity index is 1050. The number of carbonyl (C=O) groups excluding carboxylic acids is 1. The Morgan fingerprint density at radius 2 is 1.91 bits per heavy atom. The molecule has 3 saturated heterocycles. The zero-order valence-corrected chi connectivity index (χ0v) is 19.6. The Morgan fingerprint density at radius 1 is 1.18 bits per heavy atom. The van der Waals surface area contributed by atoms with E-state index in [0.717, 1.165) is 12.8 Å². The van der Waals surface area contributed by atoms with Gasteiger partial charge in [-0.3, -0.25) is 4.79 Å². The molecule has 9 heteroatoms. The van der Waals surface area contributed by atoms with Gasteiger partial charge >= 0.3 is 6.09 Å². The van der Waals surface area contributed by atoms with Gasteiger partial charge in [-0.2, -0.15) is 4.98 Å². The highest BCUT2D eigenvalue weighted by Crippen LogP contribution is 2.34. The van der Waals surface area contributed by atoms with Gasteiger partial charge in [0.1, 0.15) is 5.52 Å². The van der Waals surface area contributed by atoms with E-state index in [2.05, 4.69) is 17.3 Å². The Kier molecular flexibility index (Phi) is 5.47. The number of para-hydroxylation sites is 1. The molecule has 2 atom stereocenters. The number of benzene rings is 1. The molecule has 0 radical (unpaired) electrons. The summed E-state index contributed by atoms with van der Waals surface area (Å²) in [7, 11) is 2.21. The molecule has 2 N–H and O–H groups in total. The first-order valence-electron chi connectivity index (χ1n) is 11.9. The van der Waals surface area contributed by atoms with Crippen molar-refractivity contribution in [3.8, 4) is 0 Å². The van der Waals surface area contributed by atoms with E-state index in [0.29, 0.717) is 54.4 Å². The lowest BCUT2D eigenvalue weighted by molar-refractivity contribution is 0.0463. The Morgan fingerprint density at radius 3 is 2.58 bits per heavy atom. The molecule has 4 heterocycles. The molecular weight excluding hydrogens is 422 g/mol. The number of nitrogens with one attached hydrogen (secondary N) is 1. The van der Waals surface area contributed by atoms with Crippen molar-refractivity contribution in [2.24, 2.45) is 0 Å². The largest absolute Gasteiger partial charge is 0.465 e. The monoisotopic (exact) mass is 455 g/mol. The van der Waals surface area contributed by atoms with Gasteiger partial charge < -0.3 is 29.5 Å². The van der Waals surface area contributed by atoms with Crippen molar-refractivity contribution < 1.29 is 19.1 Å². The smallest absolute Gasteiger partial charge is 0.407 e. The second-order valence-corrected chi connectivity index (χ2v) is 10.4. The van der Waals surface area contributed by atoms with Gasteiger partial charge in [0, 0.05) is 37.8 Å². The van der Waals surface area contributed by atoms with Crippen molar-refractivity contribution in [2.45, 2.75) is 69.6 Å². The Balaban J connectivity index is 1.36. The van der Waals surface area contributed by atoms with Crippen LogP contribution in [0.4, 0.5) is 10.8 Å². The van der Waals surface area contributed by atoms with Crippen LogP contribution in [0, 0.1) is 0 Å². The Labute approximate surface area is 193 Å². The molecule has 3 aliphatic heterocycles. The van der Waals surface area contributed by atoms with Crippen LogP contribution in [0.15, 0.2) is 22.6 Å². The van der Waals surface area contributed by atoms with Gasteiger partial charge in [-0.05, 0) is 58.7 Å². The average Bonchev–Trinajstić information content (AvgIpc) is 3.17. The molecule has 2 amide bonds. The Hall–Kier alpha value is -2.81. The molecule has 178 valence electrons. The van der Waals surface area contributed by atoms with Crippen molar-refractivity contribution in [2.75, 3.05) is 31.6 Å². The van der Waals surface area contributed by atoms with Gasteiger partial charge in [0.2, 0.25) is 0 Å². The minimum atomic E-state index is -0.919. The van der Waals surface area contributed by atoms with Crippen LogP contribution in [0.3, 0.4) is 0 Å². The number of amides is 2. The van der Waals surface area contributed by atoms with Crippen LogP contribution in [0.1, 0.15) is 56.3 Å². The van der Waals surface area contributed by atoms with Crippen LogP contribution < -0.4 is 10.2 Å². The summed E-state index contributed by atoms with van der Waals surface area (Å²) in [6.07, 6.45) is 4.73. The van der Waals surface area contributed by atoms with E-state index in [-0.39, 0.29) is 11.9 Å². The van der Waals surface area contributed by atoms with Crippen LogP contribution in [-0.2, 0) is 0 Å². The number of anilines is 1. The number of hydrogen-bond acceptors (Lipinski definition) is 6. The summed E-state index contributed by atoms with van der Waals surface area (Å²) in [5, 5.41) is 12.6. The fourth-order valence-corrected chi connectivity index (χ4v) is 5.91. The molecule has 5 rings (SSSR count). The van der Waals surface area contributed by atoms with E-state index in [1.165, 1.54) is 24.2 Å². The fraction of sp³-hybridized carbons (Fsp3) is 0.625. The summed E-state index contributed by atoms with van der Waals surface area (Å²) >= 11 is 0. The summed E-state index contributed by atoms with van der Waals surface area (Å²) in [6, 6.07) is 7.13. The van der Waals surface area contributed by atoms with Crippen molar-refractivity contribution in [3.05, 3.63) is 23.8 Å². The van der Waals surface area contributed by atoms with Crippen LogP contribution in [0.25, 0.3) is 11.1 Å². The van der Waals surface area contributed by atoms with E-state index in [9.17, 15) is 14.7 Å². The lowest BCUT2D eigenvalue weighted by Gasteiger charge is -2.47. The predicted octanol–water partition coefficient (Wildman–Crippen LogP) is 3.15. The molecule has 3 fully saturated rings. The molecular formula is C24H33N5O4. The highest BCUT2D eigenvalue weighted by atomic mass is 16.4.